The molecule has 80 valence electrons. The van der Waals surface area contributed by atoms with Crippen molar-refractivity contribution in [2.24, 2.45) is 16.8 Å². The van der Waals surface area contributed by atoms with Crippen LogP contribution >= 0.6 is 0 Å². The first-order chi connectivity index (χ1) is 6.81. The fourth-order valence-electron chi connectivity index (χ4n) is 3.14. The van der Waals surface area contributed by atoms with Gasteiger partial charge < -0.3 is 0 Å². The normalized spacial score (nSPS) is 37.6. The van der Waals surface area contributed by atoms with Gasteiger partial charge in [-0.25, -0.2) is 0 Å². The number of nitrogens with zero attached hydrogens (tertiary/aromatic N) is 1. The summed E-state index contributed by atoms with van der Waals surface area (Å²) in [5.74, 6) is 1.77. The van der Waals surface area contributed by atoms with Gasteiger partial charge in [0.2, 0.25) is 0 Å². The molecule has 1 heteroatoms. The summed E-state index contributed by atoms with van der Waals surface area (Å²) in [6.45, 7) is 4.69. The van der Waals surface area contributed by atoms with E-state index in [1.54, 1.807) is 5.71 Å². The average molecular weight is 193 g/mol. The highest BCUT2D eigenvalue weighted by Crippen LogP contribution is 2.35. The van der Waals surface area contributed by atoms with Crippen LogP contribution in [0.15, 0.2) is 4.99 Å². The van der Waals surface area contributed by atoms with Crippen LogP contribution in [0.1, 0.15) is 58.8 Å². The highest BCUT2D eigenvalue weighted by atomic mass is 14.8. The lowest BCUT2D eigenvalue weighted by atomic mass is 9.74. The average Bonchev–Trinajstić information content (AvgIpc) is 2.18. The molecule has 0 spiro atoms. The highest BCUT2D eigenvalue weighted by Gasteiger charge is 2.30. The van der Waals surface area contributed by atoms with Gasteiger partial charge in [0.1, 0.15) is 0 Å². The maximum absolute atomic E-state index is 4.96. The minimum Gasteiger partial charge on any atom is -0.291 e. The second-order valence-electron chi connectivity index (χ2n) is 5.12. The van der Waals surface area contributed by atoms with Crippen molar-refractivity contribution >= 4 is 5.71 Å². The Labute approximate surface area is 88.0 Å². The molecule has 3 atom stereocenters. The van der Waals surface area contributed by atoms with Gasteiger partial charge in [0.15, 0.2) is 0 Å². The van der Waals surface area contributed by atoms with Gasteiger partial charge in [-0.15, -0.1) is 0 Å². The lowest BCUT2D eigenvalue weighted by molar-refractivity contribution is 0.325. The molecule has 1 aliphatic carbocycles. The van der Waals surface area contributed by atoms with Crippen LogP contribution in [0.3, 0.4) is 0 Å². The molecule has 0 aromatic carbocycles. The second-order valence-corrected chi connectivity index (χ2v) is 5.12. The Morgan fingerprint density at radius 2 is 2.14 bits per heavy atom. The molecule has 1 aliphatic heterocycles. The van der Waals surface area contributed by atoms with E-state index in [0.29, 0.717) is 6.04 Å². The zero-order chi connectivity index (χ0) is 9.97. The predicted octanol–water partition coefficient (Wildman–Crippen LogP) is 3.83. The quantitative estimate of drug-likeness (QED) is 0.632. The van der Waals surface area contributed by atoms with Crippen LogP contribution in [0.2, 0.25) is 0 Å². The molecule has 0 bridgehead atoms. The SMILES string of the molecule is CCC[C@@H]1CC[C@@H]2C(=N1)CCC[C@H]2C. The Bertz CT molecular complexity index is 219. The van der Waals surface area contributed by atoms with Crippen LogP contribution < -0.4 is 0 Å². The summed E-state index contributed by atoms with van der Waals surface area (Å²) < 4.78 is 0. The number of fused-ring (bicyclic) bond motifs is 1. The van der Waals surface area contributed by atoms with Crippen LogP contribution in [0, 0.1) is 11.8 Å². The Morgan fingerprint density at radius 3 is 2.93 bits per heavy atom. The molecule has 14 heavy (non-hydrogen) atoms. The molecular weight excluding hydrogens is 170 g/mol. The first-order valence-electron chi connectivity index (χ1n) is 6.37. The number of aliphatic imine (C=N–C) groups is 1. The summed E-state index contributed by atoms with van der Waals surface area (Å²) >= 11 is 0. The fourth-order valence-corrected chi connectivity index (χ4v) is 3.14. The molecule has 1 nitrogen and oxygen atoms in total. The third-order valence-electron chi connectivity index (χ3n) is 3.99. The lowest BCUT2D eigenvalue weighted by Gasteiger charge is -2.35. The summed E-state index contributed by atoms with van der Waals surface area (Å²) in [7, 11) is 0. The molecule has 0 aromatic rings. The molecule has 0 aromatic heterocycles. The first kappa shape index (κ1) is 10.2. The Morgan fingerprint density at radius 1 is 1.29 bits per heavy atom. The maximum Gasteiger partial charge on any atom is 0.0499 e. The van der Waals surface area contributed by atoms with E-state index in [4.69, 9.17) is 4.99 Å². The van der Waals surface area contributed by atoms with Crippen LogP contribution in [-0.2, 0) is 0 Å². The van der Waals surface area contributed by atoms with Crippen LogP contribution in [0.4, 0.5) is 0 Å². The van der Waals surface area contributed by atoms with E-state index in [1.807, 2.05) is 0 Å². The maximum atomic E-state index is 4.96. The van der Waals surface area contributed by atoms with Gasteiger partial charge in [0, 0.05) is 11.8 Å². The molecule has 0 amide bonds. The van der Waals surface area contributed by atoms with Crippen molar-refractivity contribution in [1.29, 1.82) is 0 Å². The Balaban J connectivity index is 2.04. The topological polar surface area (TPSA) is 12.4 Å². The minimum atomic E-state index is 0.677. The van der Waals surface area contributed by atoms with Gasteiger partial charge in [0.25, 0.3) is 0 Å². The first-order valence-corrected chi connectivity index (χ1v) is 6.37. The summed E-state index contributed by atoms with van der Waals surface area (Å²) in [5, 5.41) is 0. The smallest absolute Gasteiger partial charge is 0.0499 e. The summed E-state index contributed by atoms with van der Waals surface area (Å²) in [6, 6.07) is 0.677. The lowest BCUT2D eigenvalue weighted by Crippen LogP contribution is -2.32. The van der Waals surface area contributed by atoms with Crippen LogP contribution in [0.25, 0.3) is 0 Å². The van der Waals surface area contributed by atoms with Crippen molar-refractivity contribution < 1.29 is 0 Å². The van der Waals surface area contributed by atoms with E-state index in [1.165, 1.54) is 44.9 Å². The number of hydrogen-bond acceptors (Lipinski definition) is 1. The molecular formula is C13H23N. The minimum absolute atomic E-state index is 0.677. The largest absolute Gasteiger partial charge is 0.291 e. The van der Waals surface area contributed by atoms with E-state index in [9.17, 15) is 0 Å². The third-order valence-corrected chi connectivity index (χ3v) is 3.99. The monoisotopic (exact) mass is 193 g/mol. The number of hydrogen-bond donors (Lipinski definition) is 0. The Hall–Kier alpha value is -0.330. The molecule has 0 N–H and O–H groups in total. The molecule has 0 radical (unpaired) electrons. The van der Waals surface area contributed by atoms with Crippen molar-refractivity contribution in [3.63, 3.8) is 0 Å². The molecule has 0 unspecified atom stereocenters. The van der Waals surface area contributed by atoms with E-state index >= 15 is 0 Å². The molecule has 1 saturated carbocycles. The van der Waals surface area contributed by atoms with Gasteiger partial charge in [-0.1, -0.05) is 20.3 Å². The van der Waals surface area contributed by atoms with Crippen molar-refractivity contribution in [1.82, 2.24) is 0 Å². The van der Waals surface area contributed by atoms with Crippen LogP contribution in [-0.4, -0.2) is 11.8 Å². The summed E-state index contributed by atoms with van der Waals surface area (Å²) in [6.07, 6.45) is 9.50. The summed E-state index contributed by atoms with van der Waals surface area (Å²) in [4.78, 5) is 4.96. The molecule has 0 saturated heterocycles. The van der Waals surface area contributed by atoms with E-state index in [0.717, 1.165) is 11.8 Å². The van der Waals surface area contributed by atoms with Crippen molar-refractivity contribution in [2.75, 3.05) is 0 Å². The van der Waals surface area contributed by atoms with E-state index < -0.39 is 0 Å². The van der Waals surface area contributed by atoms with E-state index in [2.05, 4.69) is 13.8 Å². The van der Waals surface area contributed by atoms with Crippen molar-refractivity contribution in [3.05, 3.63) is 0 Å². The zero-order valence-electron chi connectivity index (χ0n) is 9.63. The van der Waals surface area contributed by atoms with E-state index in [-0.39, 0.29) is 0 Å². The molecule has 2 aliphatic rings. The molecule has 1 fully saturated rings. The van der Waals surface area contributed by atoms with Gasteiger partial charge in [-0.3, -0.25) is 4.99 Å². The van der Waals surface area contributed by atoms with Crippen molar-refractivity contribution in [3.8, 4) is 0 Å². The molecule has 2 rings (SSSR count). The highest BCUT2D eigenvalue weighted by molar-refractivity contribution is 5.88. The fraction of sp³-hybridized carbons (Fsp3) is 0.923. The summed E-state index contributed by atoms with van der Waals surface area (Å²) in [5.41, 5.74) is 1.58. The standard InChI is InChI=1S/C13H23N/c1-3-5-11-8-9-12-10(2)6-4-7-13(12)14-11/h10-12H,3-9H2,1-2H3/t10-,11-,12+/m1/s1. The van der Waals surface area contributed by atoms with Gasteiger partial charge in [0.05, 0.1) is 0 Å². The molecule has 1 heterocycles. The second kappa shape index (κ2) is 4.46. The third kappa shape index (κ3) is 2.02. The zero-order valence-corrected chi connectivity index (χ0v) is 9.63. The van der Waals surface area contributed by atoms with Crippen LogP contribution in [0.5, 0.6) is 0 Å². The Kier molecular flexibility index (Phi) is 3.25. The van der Waals surface area contributed by atoms with Gasteiger partial charge >= 0.3 is 0 Å². The van der Waals surface area contributed by atoms with Gasteiger partial charge in [-0.05, 0) is 50.4 Å². The van der Waals surface area contributed by atoms with Crippen molar-refractivity contribution in [2.45, 2.75) is 64.8 Å². The number of rotatable bonds is 2. The predicted molar refractivity (Wildman–Crippen MR) is 61.9 cm³/mol. The van der Waals surface area contributed by atoms with Gasteiger partial charge in [-0.2, -0.15) is 0 Å².